The molecule has 0 bridgehead atoms. The zero-order valence-corrected chi connectivity index (χ0v) is 19.3. The summed E-state index contributed by atoms with van der Waals surface area (Å²) in [5.41, 5.74) is 2.34. The number of nitrogens with zero attached hydrogens (tertiary/aromatic N) is 4. The van der Waals surface area contributed by atoms with Crippen LogP contribution in [0.25, 0.3) is 22.2 Å². The number of aromatic nitrogens is 3. The van der Waals surface area contributed by atoms with Crippen LogP contribution in [0.2, 0.25) is 5.02 Å². The van der Waals surface area contributed by atoms with E-state index in [9.17, 15) is 4.79 Å². The molecule has 0 aliphatic carbocycles. The molecule has 1 aliphatic rings. The molecule has 1 fully saturated rings. The number of pyridine rings is 1. The van der Waals surface area contributed by atoms with E-state index < -0.39 is 0 Å². The number of halogens is 1. The van der Waals surface area contributed by atoms with Crippen molar-refractivity contribution in [3.63, 3.8) is 0 Å². The minimum atomic E-state index is -0.0914. The molecule has 1 N–H and O–H groups in total. The lowest BCUT2D eigenvalue weighted by Crippen LogP contribution is -2.49. The highest BCUT2D eigenvalue weighted by atomic mass is 35.5. The van der Waals surface area contributed by atoms with Crippen LogP contribution in [0.3, 0.4) is 0 Å². The van der Waals surface area contributed by atoms with Gasteiger partial charge >= 0.3 is 0 Å². The number of nitrogens with one attached hydrogen (secondary N) is 1. The summed E-state index contributed by atoms with van der Waals surface area (Å²) in [4.78, 5) is 20.4. The van der Waals surface area contributed by atoms with Gasteiger partial charge in [-0.2, -0.15) is 0 Å². The van der Waals surface area contributed by atoms with E-state index in [1.54, 1.807) is 25.3 Å². The molecule has 5 rings (SSSR count). The molecular weight excluding hydrogens is 438 g/mol. The number of hydrogen-bond acceptors (Lipinski definition) is 6. The fraction of sp³-hybridized carbons (Fsp3) is 0.280. The minimum Gasteiger partial charge on any atom is -0.421 e. The van der Waals surface area contributed by atoms with Gasteiger partial charge in [0.05, 0.1) is 6.04 Å². The number of piperidine rings is 1. The number of anilines is 1. The van der Waals surface area contributed by atoms with Crippen LogP contribution in [0.5, 0.6) is 0 Å². The smallest absolute Gasteiger partial charge is 0.259 e. The molecule has 168 valence electrons. The predicted octanol–water partition coefficient (Wildman–Crippen LogP) is 4.95. The van der Waals surface area contributed by atoms with E-state index in [0.29, 0.717) is 28.2 Å². The van der Waals surface area contributed by atoms with Crippen molar-refractivity contribution in [2.24, 2.45) is 0 Å². The molecule has 7 nitrogen and oxygen atoms in total. The van der Waals surface area contributed by atoms with Crippen molar-refractivity contribution in [1.82, 2.24) is 20.5 Å². The third-order valence-corrected chi connectivity index (χ3v) is 6.21. The molecular formula is C25H24ClN5O2. The Morgan fingerprint density at radius 2 is 1.97 bits per heavy atom. The van der Waals surface area contributed by atoms with E-state index in [-0.39, 0.29) is 11.9 Å². The van der Waals surface area contributed by atoms with Crippen molar-refractivity contribution < 1.29 is 9.21 Å². The fourth-order valence-electron chi connectivity index (χ4n) is 4.44. The minimum absolute atomic E-state index is 0.00213. The molecule has 0 unspecified atom stereocenters. The topological polar surface area (TPSA) is 84.2 Å². The second-order valence-electron chi connectivity index (χ2n) is 8.33. The summed E-state index contributed by atoms with van der Waals surface area (Å²) in [6, 6.07) is 13.0. The Kier molecular flexibility index (Phi) is 5.83. The lowest BCUT2D eigenvalue weighted by Gasteiger charge is -2.35. The average molecular weight is 462 g/mol. The van der Waals surface area contributed by atoms with Crippen molar-refractivity contribution in [2.75, 3.05) is 18.0 Å². The number of carbonyl (C=O) groups excluding carboxylic acids is 1. The van der Waals surface area contributed by atoms with E-state index in [4.69, 9.17) is 16.0 Å². The first-order chi connectivity index (χ1) is 16.0. The summed E-state index contributed by atoms with van der Waals surface area (Å²) >= 11 is 6.30. The quantitative estimate of drug-likeness (QED) is 0.462. The van der Waals surface area contributed by atoms with Gasteiger partial charge in [-0.15, -0.1) is 10.2 Å². The molecule has 3 heterocycles. The summed E-state index contributed by atoms with van der Waals surface area (Å²) in [6.07, 6.45) is 3.65. The Hall–Kier alpha value is -3.29. The van der Waals surface area contributed by atoms with Crippen LogP contribution in [0.15, 0.2) is 53.1 Å². The Morgan fingerprint density at radius 1 is 1.15 bits per heavy atom. The lowest BCUT2D eigenvalue weighted by atomic mass is 10.0. The first kappa shape index (κ1) is 21.6. The number of amides is 1. The SMILES string of the molecule is Cc1nnc(-c2ccc(C(=O)N(c3nccc4cc(Cl)cc(C)c34)[C@@H]3CCCNC3)cc2)o1. The maximum Gasteiger partial charge on any atom is 0.259 e. The van der Waals surface area contributed by atoms with Crippen LogP contribution in [-0.2, 0) is 0 Å². The van der Waals surface area contributed by atoms with Crippen LogP contribution in [0, 0.1) is 13.8 Å². The Balaban J connectivity index is 1.58. The zero-order valence-electron chi connectivity index (χ0n) is 18.5. The summed E-state index contributed by atoms with van der Waals surface area (Å²) in [5, 5.41) is 13.9. The third-order valence-electron chi connectivity index (χ3n) is 5.99. The first-order valence-electron chi connectivity index (χ1n) is 11.0. The van der Waals surface area contributed by atoms with Gasteiger partial charge in [-0.1, -0.05) is 11.6 Å². The van der Waals surface area contributed by atoms with Crippen LogP contribution >= 0.6 is 11.6 Å². The van der Waals surface area contributed by atoms with Crippen LogP contribution in [0.4, 0.5) is 5.82 Å². The standard InChI is InChI=1S/C25H24ClN5O2/c1-15-12-20(26)13-19-9-11-28-23(22(15)19)31(21-4-3-10-27-14-21)25(32)18-7-5-17(6-8-18)24-30-29-16(2)33-24/h5-9,11-13,21,27H,3-4,10,14H2,1-2H3/t21-/m1/s1. The summed E-state index contributed by atoms with van der Waals surface area (Å²) < 4.78 is 5.51. The van der Waals surface area contributed by atoms with E-state index in [1.165, 1.54) is 0 Å². The normalized spacial score (nSPS) is 16.2. The number of fused-ring (bicyclic) bond motifs is 1. The van der Waals surface area contributed by atoms with Crippen LogP contribution in [0.1, 0.15) is 34.7 Å². The Labute approximate surface area is 196 Å². The van der Waals surface area contributed by atoms with Gasteiger partial charge in [-0.3, -0.25) is 9.69 Å². The summed E-state index contributed by atoms with van der Waals surface area (Å²) in [6.45, 7) is 5.42. The van der Waals surface area contributed by atoms with Crippen molar-refractivity contribution in [3.8, 4) is 11.5 Å². The van der Waals surface area contributed by atoms with Crippen LogP contribution < -0.4 is 10.2 Å². The van der Waals surface area contributed by atoms with E-state index in [2.05, 4.69) is 20.5 Å². The summed E-state index contributed by atoms with van der Waals surface area (Å²) in [7, 11) is 0. The van der Waals surface area contributed by atoms with Gasteiger partial charge in [0.1, 0.15) is 5.82 Å². The molecule has 0 spiro atoms. The van der Waals surface area contributed by atoms with Gasteiger partial charge in [-0.25, -0.2) is 4.98 Å². The van der Waals surface area contributed by atoms with Crippen molar-refractivity contribution in [3.05, 3.63) is 70.7 Å². The van der Waals surface area contributed by atoms with Gasteiger partial charge in [0.2, 0.25) is 11.8 Å². The number of rotatable bonds is 4. The van der Waals surface area contributed by atoms with Gasteiger partial charge in [0, 0.05) is 41.2 Å². The van der Waals surface area contributed by atoms with Gasteiger partial charge in [0.25, 0.3) is 5.91 Å². The molecule has 0 saturated carbocycles. The summed E-state index contributed by atoms with van der Waals surface area (Å²) in [5.74, 6) is 1.50. The highest BCUT2D eigenvalue weighted by molar-refractivity contribution is 6.31. The van der Waals surface area contributed by atoms with Crippen LogP contribution in [-0.4, -0.2) is 40.2 Å². The first-order valence-corrected chi connectivity index (χ1v) is 11.4. The highest BCUT2D eigenvalue weighted by Crippen LogP contribution is 2.33. The zero-order chi connectivity index (χ0) is 22.9. The number of benzene rings is 2. The Morgan fingerprint density at radius 3 is 2.67 bits per heavy atom. The maximum atomic E-state index is 13.9. The Bertz CT molecular complexity index is 1310. The predicted molar refractivity (Wildman–Crippen MR) is 129 cm³/mol. The molecule has 1 atom stereocenters. The van der Waals surface area contributed by atoms with Crippen molar-refractivity contribution in [2.45, 2.75) is 32.7 Å². The van der Waals surface area contributed by atoms with Gasteiger partial charge in [0.15, 0.2) is 0 Å². The molecule has 8 heteroatoms. The lowest BCUT2D eigenvalue weighted by molar-refractivity contribution is 0.0972. The maximum absolute atomic E-state index is 13.9. The highest BCUT2D eigenvalue weighted by Gasteiger charge is 2.30. The third kappa shape index (κ3) is 4.21. The second kappa shape index (κ2) is 8.92. The van der Waals surface area contributed by atoms with E-state index in [1.807, 2.05) is 42.2 Å². The average Bonchev–Trinajstić information content (AvgIpc) is 3.26. The van der Waals surface area contributed by atoms with Gasteiger partial charge < -0.3 is 9.73 Å². The molecule has 2 aromatic heterocycles. The number of carbonyl (C=O) groups is 1. The second-order valence-corrected chi connectivity index (χ2v) is 8.77. The fourth-order valence-corrected chi connectivity index (χ4v) is 4.72. The molecule has 0 radical (unpaired) electrons. The van der Waals surface area contributed by atoms with E-state index in [0.717, 1.165) is 47.8 Å². The monoisotopic (exact) mass is 461 g/mol. The molecule has 1 aliphatic heterocycles. The molecule has 1 amide bonds. The molecule has 33 heavy (non-hydrogen) atoms. The van der Waals surface area contributed by atoms with E-state index >= 15 is 0 Å². The largest absolute Gasteiger partial charge is 0.421 e. The molecule has 4 aromatic rings. The number of hydrogen-bond donors (Lipinski definition) is 1. The molecule has 2 aromatic carbocycles. The molecule has 1 saturated heterocycles. The van der Waals surface area contributed by atoms with Crippen molar-refractivity contribution >= 4 is 34.1 Å². The van der Waals surface area contributed by atoms with Crippen molar-refractivity contribution in [1.29, 1.82) is 0 Å². The van der Waals surface area contributed by atoms with Gasteiger partial charge in [-0.05, 0) is 79.7 Å². The number of aryl methyl sites for hydroxylation is 2.